The summed E-state index contributed by atoms with van der Waals surface area (Å²) < 4.78 is 51.5. The molecule has 0 radical (unpaired) electrons. The predicted molar refractivity (Wildman–Crippen MR) is 303 cm³/mol. The zero-order valence-electron chi connectivity index (χ0n) is 50.4. The predicted octanol–water partition coefficient (Wildman–Crippen LogP) is 8.78. The van der Waals surface area contributed by atoms with Crippen LogP contribution in [0.25, 0.3) is 0 Å². The van der Waals surface area contributed by atoms with Crippen molar-refractivity contribution >= 4 is 43.6 Å². The van der Waals surface area contributed by atoms with Crippen LogP contribution in [0, 0.1) is 0 Å². The van der Waals surface area contributed by atoms with Gasteiger partial charge in [0, 0.05) is 71.7 Å². The van der Waals surface area contributed by atoms with Crippen LogP contribution in [-0.4, -0.2) is 188 Å². The molecule has 21 heteroatoms. The first-order valence-electron chi connectivity index (χ1n) is 29.5. The van der Waals surface area contributed by atoms with Gasteiger partial charge in [-0.25, -0.2) is 4.57 Å². The van der Waals surface area contributed by atoms with Gasteiger partial charge in [-0.15, -0.1) is 0 Å². The fourth-order valence-electron chi connectivity index (χ4n) is 8.48. The molecule has 1 aliphatic rings. The number of nitrogens with zero attached hydrogens (tertiary/aromatic N) is 4. The number of rotatable bonds is 38. The Bertz CT molecular complexity index is 1690. The molecule has 78 heavy (non-hydrogen) atoms. The van der Waals surface area contributed by atoms with Gasteiger partial charge in [0.15, 0.2) is 6.10 Å². The Morgan fingerprint density at radius 2 is 0.795 bits per heavy atom. The van der Waals surface area contributed by atoms with Gasteiger partial charge in [0.1, 0.15) is 23.4 Å². The van der Waals surface area contributed by atoms with Gasteiger partial charge >= 0.3 is 37.7 Å². The number of hydrogen-bond donors (Lipinski definition) is 2. The van der Waals surface area contributed by atoms with Gasteiger partial charge in [-0.2, -0.15) is 0 Å². The van der Waals surface area contributed by atoms with E-state index < -0.39 is 79.7 Å². The summed E-state index contributed by atoms with van der Waals surface area (Å²) in [6.07, 6.45) is 18.7. The van der Waals surface area contributed by atoms with Crippen molar-refractivity contribution in [1.82, 2.24) is 24.9 Å². The summed E-state index contributed by atoms with van der Waals surface area (Å²) in [4.78, 5) is 96.6. The molecule has 20 nitrogen and oxygen atoms in total. The van der Waals surface area contributed by atoms with E-state index in [0.29, 0.717) is 65.2 Å². The molecular formula is C57H108N5O15P. The largest absolute Gasteiger partial charge is 0.472 e. The van der Waals surface area contributed by atoms with Crippen LogP contribution in [0.15, 0.2) is 0 Å². The summed E-state index contributed by atoms with van der Waals surface area (Å²) in [7, 11) is -4.74. The van der Waals surface area contributed by atoms with Crippen molar-refractivity contribution in [3.05, 3.63) is 0 Å². The summed E-state index contributed by atoms with van der Waals surface area (Å²) in [5.74, 6) is -2.63. The Hall–Kier alpha value is -3.23. The average Bonchev–Trinajstić information content (AvgIpc) is 3.31. The van der Waals surface area contributed by atoms with Crippen LogP contribution in [0.4, 0.5) is 0 Å². The number of carbonyl (C=O) groups is 6. The first kappa shape index (κ1) is 72.8. The molecule has 456 valence electrons. The Balaban J connectivity index is 3.00. The molecule has 1 amide bonds. The highest BCUT2D eigenvalue weighted by Gasteiger charge is 2.28. The van der Waals surface area contributed by atoms with E-state index in [0.717, 1.165) is 38.5 Å². The first-order chi connectivity index (χ1) is 36.7. The topological polar surface area (TPSA) is 229 Å². The second kappa shape index (κ2) is 40.9. The maximum Gasteiger partial charge on any atom is 0.472 e. The monoisotopic (exact) mass is 1130 g/mol. The quantitative estimate of drug-likeness (QED) is 0.0255. The van der Waals surface area contributed by atoms with Gasteiger partial charge in [-0.3, -0.25) is 57.4 Å². The van der Waals surface area contributed by atoms with Crippen molar-refractivity contribution < 1.29 is 71.0 Å². The number of nitrogens with one attached hydrogen (secondary N) is 1. The molecule has 0 spiro atoms. The van der Waals surface area contributed by atoms with Gasteiger partial charge in [-0.05, 0) is 75.2 Å². The van der Waals surface area contributed by atoms with E-state index in [1.165, 1.54) is 64.2 Å². The van der Waals surface area contributed by atoms with E-state index in [1.807, 2.05) is 19.6 Å². The summed E-state index contributed by atoms with van der Waals surface area (Å²) in [6.45, 7) is 21.8. The van der Waals surface area contributed by atoms with E-state index in [2.05, 4.69) is 19.2 Å². The van der Waals surface area contributed by atoms with Crippen molar-refractivity contribution in [1.29, 1.82) is 0 Å². The molecule has 1 fully saturated rings. The van der Waals surface area contributed by atoms with E-state index >= 15 is 0 Å². The normalized spacial score (nSPS) is 16.3. The van der Waals surface area contributed by atoms with E-state index in [4.69, 9.17) is 32.7 Å². The summed E-state index contributed by atoms with van der Waals surface area (Å²) in [6, 6.07) is 0. The van der Waals surface area contributed by atoms with Crippen molar-refractivity contribution in [2.75, 3.05) is 105 Å². The maximum absolute atomic E-state index is 13.5. The third-order valence-corrected chi connectivity index (χ3v) is 13.4. The Labute approximate surface area is 470 Å². The van der Waals surface area contributed by atoms with Crippen molar-refractivity contribution in [3.63, 3.8) is 0 Å². The van der Waals surface area contributed by atoms with Crippen LogP contribution in [0.2, 0.25) is 0 Å². The first-order valence-corrected chi connectivity index (χ1v) is 31.0. The molecule has 0 aliphatic carbocycles. The lowest BCUT2D eigenvalue weighted by Gasteiger charge is -2.34. The lowest BCUT2D eigenvalue weighted by Crippen LogP contribution is -2.50. The Kier molecular flexibility index (Phi) is 38.1. The van der Waals surface area contributed by atoms with E-state index in [-0.39, 0.29) is 52.2 Å². The van der Waals surface area contributed by atoms with Crippen LogP contribution in [-0.2, 0) is 66.1 Å². The third-order valence-electron chi connectivity index (χ3n) is 12.4. The number of amides is 1. The zero-order valence-corrected chi connectivity index (χ0v) is 51.3. The van der Waals surface area contributed by atoms with Gasteiger partial charge in [0.25, 0.3) is 0 Å². The molecule has 0 bridgehead atoms. The lowest BCUT2D eigenvalue weighted by molar-refractivity contribution is -0.161. The minimum absolute atomic E-state index is 0.00223. The molecule has 1 unspecified atom stereocenters. The fraction of sp³-hybridized carbons (Fsp3) is 0.895. The van der Waals surface area contributed by atoms with Gasteiger partial charge in [0.05, 0.1) is 39.4 Å². The fourth-order valence-corrected chi connectivity index (χ4v) is 9.24. The molecule has 1 aliphatic heterocycles. The van der Waals surface area contributed by atoms with Crippen molar-refractivity contribution in [2.24, 2.45) is 0 Å². The van der Waals surface area contributed by atoms with E-state index in [9.17, 15) is 38.2 Å². The van der Waals surface area contributed by atoms with Crippen molar-refractivity contribution in [3.8, 4) is 0 Å². The number of carbonyl (C=O) groups excluding carboxylic acids is 6. The summed E-state index contributed by atoms with van der Waals surface area (Å²) in [5.41, 5.74) is -2.10. The van der Waals surface area contributed by atoms with Crippen LogP contribution in [0.5, 0.6) is 0 Å². The summed E-state index contributed by atoms with van der Waals surface area (Å²) in [5, 5.41) is 2.73. The molecule has 0 aromatic carbocycles. The number of unbranched alkanes of at least 4 members (excludes halogenated alkanes) is 16. The second-order valence-electron chi connectivity index (χ2n) is 23.8. The third kappa shape index (κ3) is 43.6. The molecule has 0 aromatic heterocycles. The van der Waals surface area contributed by atoms with Crippen LogP contribution >= 0.6 is 7.82 Å². The Morgan fingerprint density at radius 3 is 1.15 bits per heavy atom. The maximum atomic E-state index is 13.5. The number of esters is 5. The van der Waals surface area contributed by atoms with Gasteiger partial charge in [-0.1, -0.05) is 117 Å². The molecular weight excluding hydrogens is 1030 g/mol. The second-order valence-corrected chi connectivity index (χ2v) is 25.2. The number of phosphoric ester groups is 1. The molecule has 1 heterocycles. The van der Waals surface area contributed by atoms with E-state index in [1.54, 1.807) is 62.3 Å². The molecule has 1 saturated heterocycles. The van der Waals surface area contributed by atoms with Crippen LogP contribution in [0.1, 0.15) is 205 Å². The number of phosphoric acid groups is 1. The highest BCUT2D eigenvalue weighted by Crippen LogP contribution is 2.43. The zero-order chi connectivity index (χ0) is 58.5. The highest BCUT2D eigenvalue weighted by molar-refractivity contribution is 7.47. The Morgan fingerprint density at radius 1 is 0.462 bits per heavy atom. The molecule has 2 atom stereocenters. The molecule has 0 saturated carbocycles. The SMILES string of the molecule is CCCCCCCCCCCC(=O)OC[C@H](COP(=O)(O)OCCNC(=O)CN1CCN(CC(=O)OC(C)(C)C)CCN(CC(=O)OC(C)(C)C)CCN(CC(=O)OC(C)(C)C)CC1)OC(=O)CCCCCCCCCCC. The average molecular weight is 1130 g/mol. The standard InChI is InChI=1S/C57H108N5O15P/c1-12-14-16-18-20-22-24-26-28-30-50(64)71-46-48(74-51(65)31-29-27-25-23-21-19-17-15-13-2)47-73-78(69,70)72-41-32-58-49(63)42-59-33-35-60(43-52(66)75-55(3,4)5)37-39-62(45-54(68)77-57(9,10)11)40-38-61(36-34-59)44-53(67)76-56(6,7)8/h48H,12-47H2,1-11H3,(H,58,63)(H,69,70)/t48-/m1/s1. The van der Waals surface area contributed by atoms with Crippen LogP contribution in [0.3, 0.4) is 0 Å². The minimum atomic E-state index is -4.74. The van der Waals surface area contributed by atoms with Crippen molar-refractivity contribution in [2.45, 2.75) is 227 Å². The van der Waals surface area contributed by atoms with Crippen LogP contribution < -0.4 is 5.32 Å². The smallest absolute Gasteiger partial charge is 0.462 e. The summed E-state index contributed by atoms with van der Waals surface area (Å²) >= 11 is 0. The minimum Gasteiger partial charge on any atom is -0.462 e. The van der Waals surface area contributed by atoms with Gasteiger partial charge in [0.2, 0.25) is 5.91 Å². The number of ether oxygens (including phenoxy) is 5. The molecule has 2 N–H and O–H groups in total. The number of hydrogen-bond acceptors (Lipinski definition) is 18. The molecule has 0 aromatic rings. The van der Waals surface area contributed by atoms with Gasteiger partial charge < -0.3 is 33.9 Å². The lowest BCUT2D eigenvalue weighted by atomic mass is 10.1. The highest BCUT2D eigenvalue weighted by atomic mass is 31.2. The molecule has 1 rings (SSSR count).